The lowest BCUT2D eigenvalue weighted by Crippen LogP contribution is -2.45. The van der Waals surface area contributed by atoms with Gasteiger partial charge in [0, 0.05) is 16.6 Å². The molecule has 1 aliphatic heterocycles. The third-order valence-corrected chi connectivity index (χ3v) is 7.80. The molecule has 0 saturated carbocycles. The maximum absolute atomic E-state index is 12.9. The van der Waals surface area contributed by atoms with Crippen molar-refractivity contribution in [2.45, 2.75) is 30.4 Å². The molecule has 0 N–H and O–H groups in total. The highest BCUT2D eigenvalue weighted by molar-refractivity contribution is 7.99. The first-order chi connectivity index (χ1) is 13.8. The molecule has 6 nitrogen and oxygen atoms in total. The monoisotopic (exact) mass is 452 g/mol. The maximum atomic E-state index is 12.9. The van der Waals surface area contributed by atoms with Crippen molar-refractivity contribution in [1.29, 1.82) is 0 Å². The van der Waals surface area contributed by atoms with Crippen LogP contribution < -0.4 is 0 Å². The predicted molar refractivity (Wildman–Crippen MR) is 115 cm³/mol. The number of amides is 1. The van der Waals surface area contributed by atoms with Gasteiger partial charge < -0.3 is 9.32 Å². The molecule has 3 rings (SSSR count). The molecule has 1 fully saturated rings. The molecule has 1 aliphatic rings. The van der Waals surface area contributed by atoms with Gasteiger partial charge in [0.2, 0.25) is 11.8 Å². The van der Waals surface area contributed by atoms with Crippen LogP contribution in [0.3, 0.4) is 0 Å². The highest BCUT2D eigenvalue weighted by Crippen LogP contribution is 2.26. The van der Waals surface area contributed by atoms with E-state index in [0.717, 1.165) is 5.56 Å². The van der Waals surface area contributed by atoms with E-state index in [-0.39, 0.29) is 30.0 Å². The largest absolute Gasteiger partial charge is 0.440 e. The fraction of sp³-hybridized carbons (Fsp3) is 0.400. The van der Waals surface area contributed by atoms with Crippen molar-refractivity contribution in [3.05, 3.63) is 41.4 Å². The number of carbonyl (C=O) groups is 1. The molecule has 1 aromatic carbocycles. The van der Waals surface area contributed by atoms with E-state index in [2.05, 4.69) is 10.9 Å². The lowest BCUT2D eigenvalue weighted by atomic mass is 10.2. The number of carbonyl (C=O) groups excluding carboxylic acids is 1. The average Bonchev–Trinajstić information content (AvgIpc) is 3.30. The average molecular weight is 453 g/mol. The third-order valence-electron chi connectivity index (χ3n) is 4.68. The lowest BCUT2D eigenvalue weighted by Gasteiger charge is -2.28. The molecule has 0 bridgehead atoms. The molecule has 29 heavy (non-hydrogen) atoms. The highest BCUT2D eigenvalue weighted by Gasteiger charge is 2.35. The van der Waals surface area contributed by atoms with Crippen LogP contribution in [0.1, 0.15) is 19.2 Å². The second kappa shape index (κ2) is 9.24. The smallest absolute Gasteiger partial charge is 0.236 e. The first-order valence-corrected chi connectivity index (χ1v) is 12.3. The fourth-order valence-electron chi connectivity index (χ4n) is 3.13. The van der Waals surface area contributed by atoms with Crippen molar-refractivity contribution in [3.8, 4) is 23.7 Å². The van der Waals surface area contributed by atoms with Crippen LogP contribution in [0.4, 0.5) is 0 Å². The summed E-state index contributed by atoms with van der Waals surface area (Å²) in [6.07, 6.45) is 7.47. The van der Waals surface area contributed by atoms with Gasteiger partial charge in [0.15, 0.2) is 15.6 Å². The minimum atomic E-state index is -3.10. The maximum Gasteiger partial charge on any atom is 0.236 e. The van der Waals surface area contributed by atoms with Gasteiger partial charge in [-0.05, 0) is 37.6 Å². The Hall–Kier alpha value is -1.95. The van der Waals surface area contributed by atoms with Crippen LogP contribution in [-0.4, -0.2) is 53.6 Å². The minimum absolute atomic E-state index is 0.0258. The fourth-order valence-corrected chi connectivity index (χ4v) is 5.79. The van der Waals surface area contributed by atoms with E-state index in [0.29, 0.717) is 28.8 Å². The highest BCUT2D eigenvalue weighted by atomic mass is 35.5. The third kappa shape index (κ3) is 5.56. The van der Waals surface area contributed by atoms with Gasteiger partial charge >= 0.3 is 0 Å². The van der Waals surface area contributed by atoms with Gasteiger partial charge in [-0.15, -0.1) is 18.2 Å². The van der Waals surface area contributed by atoms with Crippen LogP contribution >= 0.6 is 23.4 Å². The van der Waals surface area contributed by atoms with Gasteiger partial charge in [0.25, 0.3) is 0 Å². The Labute approximate surface area is 179 Å². The van der Waals surface area contributed by atoms with Crippen molar-refractivity contribution in [1.82, 2.24) is 9.88 Å². The summed E-state index contributed by atoms with van der Waals surface area (Å²) in [4.78, 5) is 18.6. The van der Waals surface area contributed by atoms with Crippen LogP contribution in [0.2, 0.25) is 5.02 Å². The summed E-state index contributed by atoms with van der Waals surface area (Å²) in [5.41, 5.74) is 0.866. The Bertz CT molecular complexity index is 1010. The number of hydrogen-bond donors (Lipinski definition) is 0. The number of halogens is 1. The molecule has 1 aromatic heterocycles. The molecule has 2 heterocycles. The number of benzene rings is 1. The predicted octanol–water partition coefficient (Wildman–Crippen LogP) is 3.27. The first-order valence-electron chi connectivity index (χ1n) is 9.05. The SMILES string of the molecule is C#CCN(C(=O)[C@H](C)SCc1ncc(-c2ccc(Cl)cc2)o1)[C@H]1CCS(=O)(=O)C1. The van der Waals surface area contributed by atoms with Crippen LogP contribution in [0.25, 0.3) is 11.3 Å². The van der Waals surface area contributed by atoms with Crippen LogP contribution in [0, 0.1) is 12.3 Å². The van der Waals surface area contributed by atoms with Crippen LogP contribution in [0.5, 0.6) is 0 Å². The second-order valence-electron chi connectivity index (χ2n) is 6.81. The Balaban J connectivity index is 1.60. The summed E-state index contributed by atoms with van der Waals surface area (Å²) in [7, 11) is -3.10. The Morgan fingerprint density at radius 1 is 1.45 bits per heavy atom. The standard InChI is InChI=1S/C20H21ClN2O4S2/c1-3-9-23(17-8-10-29(25,26)13-17)20(24)14(2)28-12-19-22-11-18(27-19)15-4-6-16(21)7-5-15/h1,4-7,11,14,17H,8-10,12-13H2,2H3/t14-,17-/m0/s1. The Kier molecular flexibility index (Phi) is 6.93. The molecule has 1 saturated heterocycles. The lowest BCUT2D eigenvalue weighted by molar-refractivity contribution is -0.131. The first kappa shape index (κ1) is 21.8. The molecule has 0 aliphatic carbocycles. The van der Waals surface area contributed by atoms with Crippen LogP contribution in [-0.2, 0) is 20.4 Å². The minimum Gasteiger partial charge on any atom is -0.440 e. The molecule has 0 radical (unpaired) electrons. The Morgan fingerprint density at radius 2 is 2.17 bits per heavy atom. The molecule has 9 heteroatoms. The number of thioether (sulfide) groups is 1. The quantitative estimate of drug-likeness (QED) is 0.600. The van der Waals surface area contributed by atoms with Gasteiger partial charge in [-0.2, -0.15) is 0 Å². The molecular formula is C20H21ClN2O4S2. The van der Waals surface area contributed by atoms with E-state index >= 15 is 0 Å². The number of oxazole rings is 1. The summed E-state index contributed by atoms with van der Waals surface area (Å²) in [5, 5.41) is 0.237. The Morgan fingerprint density at radius 3 is 2.79 bits per heavy atom. The van der Waals surface area contributed by atoms with Crippen molar-refractivity contribution in [2.75, 3.05) is 18.1 Å². The molecule has 2 aromatic rings. The summed E-state index contributed by atoms with van der Waals surface area (Å²) >= 11 is 7.27. The van der Waals surface area contributed by atoms with Crippen LogP contribution in [0.15, 0.2) is 34.9 Å². The summed E-state index contributed by atoms with van der Waals surface area (Å²) in [5.74, 6) is 3.91. The van der Waals surface area contributed by atoms with Gasteiger partial charge in [-0.1, -0.05) is 17.5 Å². The van der Waals surface area contributed by atoms with E-state index < -0.39 is 15.1 Å². The molecule has 1 amide bonds. The van der Waals surface area contributed by atoms with E-state index in [1.54, 1.807) is 25.3 Å². The topological polar surface area (TPSA) is 80.5 Å². The van der Waals surface area contributed by atoms with E-state index in [9.17, 15) is 13.2 Å². The summed E-state index contributed by atoms with van der Waals surface area (Å²) in [6.45, 7) is 1.88. The van der Waals surface area contributed by atoms with Gasteiger partial charge in [0.1, 0.15) is 0 Å². The van der Waals surface area contributed by atoms with Gasteiger partial charge in [-0.3, -0.25) is 4.79 Å². The van der Waals surface area contributed by atoms with Crippen molar-refractivity contribution in [3.63, 3.8) is 0 Å². The van der Waals surface area contributed by atoms with Crippen molar-refractivity contribution >= 4 is 39.1 Å². The number of rotatable bonds is 7. The van der Waals surface area contributed by atoms with E-state index in [1.807, 2.05) is 12.1 Å². The molecule has 0 unspecified atom stereocenters. The number of aromatic nitrogens is 1. The van der Waals surface area contributed by atoms with Gasteiger partial charge in [-0.25, -0.2) is 13.4 Å². The molecule has 154 valence electrons. The van der Waals surface area contributed by atoms with E-state index in [1.165, 1.54) is 16.7 Å². The molecule has 2 atom stereocenters. The zero-order chi connectivity index (χ0) is 21.0. The normalized spacial score (nSPS) is 18.9. The summed E-state index contributed by atoms with van der Waals surface area (Å²) in [6, 6.07) is 6.89. The summed E-state index contributed by atoms with van der Waals surface area (Å²) < 4.78 is 29.3. The zero-order valence-corrected chi connectivity index (χ0v) is 18.3. The molecule has 0 spiro atoms. The van der Waals surface area contributed by atoms with Crippen molar-refractivity contribution in [2.24, 2.45) is 0 Å². The van der Waals surface area contributed by atoms with Gasteiger partial charge in [0.05, 0.1) is 35.3 Å². The number of sulfone groups is 1. The second-order valence-corrected chi connectivity index (χ2v) is 10.8. The number of hydrogen-bond acceptors (Lipinski definition) is 6. The zero-order valence-electron chi connectivity index (χ0n) is 15.9. The molecular weight excluding hydrogens is 432 g/mol. The number of terminal acetylenes is 1. The number of nitrogens with zero attached hydrogens (tertiary/aromatic N) is 2. The van der Waals surface area contributed by atoms with E-state index in [4.69, 9.17) is 22.4 Å². The van der Waals surface area contributed by atoms with Crippen molar-refractivity contribution < 1.29 is 17.6 Å².